The van der Waals surface area contributed by atoms with Crippen molar-refractivity contribution in [2.45, 2.75) is 71.6 Å². The molecule has 0 aromatic carbocycles. The van der Waals surface area contributed by atoms with Gasteiger partial charge in [0.1, 0.15) is 0 Å². The first kappa shape index (κ1) is 13.5. The summed E-state index contributed by atoms with van der Waals surface area (Å²) in [7, 11) is 0. The average molecular weight is 226 g/mol. The van der Waals surface area contributed by atoms with Gasteiger partial charge in [-0.3, -0.25) is 4.79 Å². The Morgan fingerprint density at radius 3 is 2.31 bits per heavy atom. The first-order chi connectivity index (χ1) is 7.64. The second kappa shape index (κ2) is 6.27. The van der Waals surface area contributed by atoms with Crippen LogP contribution in [-0.2, 0) is 4.79 Å². The molecule has 0 atom stereocenters. The molecule has 1 N–H and O–H groups in total. The molecule has 2 nitrogen and oxygen atoms in total. The summed E-state index contributed by atoms with van der Waals surface area (Å²) in [5.74, 6) is 0.243. The molecule has 1 fully saturated rings. The van der Waals surface area contributed by atoms with Crippen LogP contribution in [0.1, 0.15) is 71.6 Å². The minimum atomic E-state index is -0.553. The highest BCUT2D eigenvalue weighted by Crippen LogP contribution is 2.43. The van der Waals surface area contributed by atoms with E-state index in [0.29, 0.717) is 0 Å². The lowest BCUT2D eigenvalue weighted by Gasteiger charge is -2.36. The number of carbonyl (C=O) groups is 1. The molecule has 1 aliphatic carbocycles. The van der Waals surface area contributed by atoms with Crippen molar-refractivity contribution in [2.24, 2.45) is 11.3 Å². The molecule has 0 aromatic heterocycles. The Morgan fingerprint density at radius 1 is 1.25 bits per heavy atom. The molecule has 1 rings (SSSR count). The molecule has 0 bridgehead atoms. The fourth-order valence-electron chi connectivity index (χ4n) is 3.06. The monoisotopic (exact) mass is 226 g/mol. The van der Waals surface area contributed by atoms with Gasteiger partial charge in [-0.25, -0.2) is 0 Å². The van der Waals surface area contributed by atoms with Crippen LogP contribution in [0.3, 0.4) is 0 Å². The number of unbranched alkanes of at least 4 members (excludes halogenated alkanes) is 1. The summed E-state index contributed by atoms with van der Waals surface area (Å²) >= 11 is 0. The maximum Gasteiger partial charge on any atom is 0.309 e. The van der Waals surface area contributed by atoms with Gasteiger partial charge in [0, 0.05) is 0 Å². The predicted octanol–water partition coefficient (Wildman–Crippen LogP) is 4.24. The topological polar surface area (TPSA) is 37.3 Å². The van der Waals surface area contributed by atoms with Crippen LogP contribution in [0.25, 0.3) is 0 Å². The number of rotatable bonds is 6. The summed E-state index contributed by atoms with van der Waals surface area (Å²) in [4.78, 5) is 11.4. The third kappa shape index (κ3) is 3.23. The summed E-state index contributed by atoms with van der Waals surface area (Å²) < 4.78 is 0. The molecule has 94 valence electrons. The first-order valence-corrected chi connectivity index (χ1v) is 6.88. The largest absolute Gasteiger partial charge is 0.481 e. The highest BCUT2D eigenvalue weighted by atomic mass is 16.4. The maximum absolute atomic E-state index is 11.4. The van der Waals surface area contributed by atoms with E-state index in [1.54, 1.807) is 0 Å². The summed E-state index contributed by atoms with van der Waals surface area (Å²) in [5.41, 5.74) is -0.378. The highest BCUT2D eigenvalue weighted by molar-refractivity contribution is 5.74. The minimum absolute atomic E-state index is 0.378. The van der Waals surface area contributed by atoms with E-state index < -0.39 is 5.97 Å². The van der Waals surface area contributed by atoms with Crippen molar-refractivity contribution < 1.29 is 9.90 Å². The van der Waals surface area contributed by atoms with Crippen LogP contribution in [0.5, 0.6) is 0 Å². The maximum atomic E-state index is 11.4. The Labute approximate surface area is 99.4 Å². The van der Waals surface area contributed by atoms with Crippen molar-refractivity contribution in [3.05, 3.63) is 0 Å². The highest BCUT2D eigenvalue weighted by Gasteiger charge is 2.40. The van der Waals surface area contributed by atoms with Crippen LogP contribution in [0.2, 0.25) is 0 Å². The minimum Gasteiger partial charge on any atom is -0.481 e. The molecule has 0 aliphatic heterocycles. The predicted molar refractivity (Wildman–Crippen MR) is 66.5 cm³/mol. The van der Waals surface area contributed by atoms with E-state index in [4.69, 9.17) is 0 Å². The molecule has 0 aromatic rings. The Kier molecular flexibility index (Phi) is 5.30. The number of hydrogen-bond donors (Lipinski definition) is 1. The zero-order valence-corrected chi connectivity index (χ0v) is 10.8. The summed E-state index contributed by atoms with van der Waals surface area (Å²) in [6.07, 6.45) is 9.80. The summed E-state index contributed by atoms with van der Waals surface area (Å²) in [5, 5.41) is 9.38. The van der Waals surface area contributed by atoms with Gasteiger partial charge in [0.2, 0.25) is 0 Å². The normalized spacial score (nSPS) is 30.2. The zero-order chi connectivity index (χ0) is 12.0. The lowest BCUT2D eigenvalue weighted by atomic mass is 9.67. The summed E-state index contributed by atoms with van der Waals surface area (Å²) in [6.45, 7) is 4.31. The van der Waals surface area contributed by atoms with Crippen molar-refractivity contribution in [1.29, 1.82) is 0 Å². The zero-order valence-electron chi connectivity index (χ0n) is 10.8. The quantitative estimate of drug-likeness (QED) is 0.735. The van der Waals surface area contributed by atoms with Gasteiger partial charge in [0.05, 0.1) is 5.41 Å². The molecule has 0 spiro atoms. The van der Waals surface area contributed by atoms with E-state index in [9.17, 15) is 9.90 Å². The summed E-state index contributed by atoms with van der Waals surface area (Å²) in [6, 6.07) is 0. The number of carboxylic acid groups (broad SMARTS) is 1. The number of aliphatic carboxylic acids is 1. The van der Waals surface area contributed by atoms with E-state index in [2.05, 4.69) is 13.8 Å². The molecule has 0 amide bonds. The van der Waals surface area contributed by atoms with Crippen LogP contribution >= 0.6 is 0 Å². The van der Waals surface area contributed by atoms with Gasteiger partial charge in [-0.1, -0.05) is 39.5 Å². The lowest BCUT2D eigenvalue weighted by molar-refractivity contribution is -0.152. The second-order valence-corrected chi connectivity index (χ2v) is 5.42. The Hall–Kier alpha value is -0.530. The average Bonchev–Trinajstić information content (AvgIpc) is 2.28. The van der Waals surface area contributed by atoms with Crippen LogP contribution in [0.15, 0.2) is 0 Å². The van der Waals surface area contributed by atoms with Crippen LogP contribution in [0, 0.1) is 11.3 Å². The third-order valence-electron chi connectivity index (χ3n) is 4.21. The molecule has 2 heteroatoms. The fourth-order valence-corrected chi connectivity index (χ4v) is 3.06. The smallest absolute Gasteiger partial charge is 0.309 e. The van der Waals surface area contributed by atoms with Gasteiger partial charge in [0.15, 0.2) is 0 Å². The van der Waals surface area contributed by atoms with E-state index in [1.165, 1.54) is 19.3 Å². The van der Waals surface area contributed by atoms with Gasteiger partial charge in [-0.2, -0.15) is 0 Å². The number of hydrogen-bond acceptors (Lipinski definition) is 1. The van der Waals surface area contributed by atoms with Gasteiger partial charge < -0.3 is 5.11 Å². The SMILES string of the molecule is CCCCC1CCC(CCC)(C(=O)O)CC1. The fraction of sp³-hybridized carbons (Fsp3) is 0.929. The molecular weight excluding hydrogens is 200 g/mol. The van der Waals surface area contributed by atoms with Crippen molar-refractivity contribution in [3.63, 3.8) is 0 Å². The van der Waals surface area contributed by atoms with Crippen molar-refractivity contribution in [3.8, 4) is 0 Å². The Morgan fingerprint density at radius 2 is 1.88 bits per heavy atom. The molecule has 16 heavy (non-hydrogen) atoms. The van der Waals surface area contributed by atoms with E-state index >= 15 is 0 Å². The second-order valence-electron chi connectivity index (χ2n) is 5.42. The number of carboxylic acids is 1. The van der Waals surface area contributed by atoms with Crippen molar-refractivity contribution in [2.75, 3.05) is 0 Å². The van der Waals surface area contributed by atoms with Crippen LogP contribution in [-0.4, -0.2) is 11.1 Å². The van der Waals surface area contributed by atoms with Crippen LogP contribution < -0.4 is 0 Å². The van der Waals surface area contributed by atoms with Gasteiger partial charge >= 0.3 is 5.97 Å². The standard InChI is InChI=1S/C14H26O2/c1-3-5-6-12-7-10-14(9-4-2,11-8-12)13(15)16/h12H,3-11H2,1-2H3,(H,15,16). The van der Waals surface area contributed by atoms with Gasteiger partial charge in [0.25, 0.3) is 0 Å². The van der Waals surface area contributed by atoms with E-state index in [1.807, 2.05) is 0 Å². The molecular formula is C14H26O2. The van der Waals surface area contributed by atoms with Crippen LogP contribution in [0.4, 0.5) is 0 Å². The Balaban J connectivity index is 2.46. The lowest BCUT2D eigenvalue weighted by Crippen LogP contribution is -2.35. The van der Waals surface area contributed by atoms with Crippen molar-refractivity contribution >= 4 is 5.97 Å². The Bertz CT molecular complexity index is 215. The van der Waals surface area contributed by atoms with E-state index in [0.717, 1.165) is 44.4 Å². The molecule has 0 saturated heterocycles. The molecule has 0 heterocycles. The first-order valence-electron chi connectivity index (χ1n) is 6.88. The molecule has 0 radical (unpaired) electrons. The molecule has 1 aliphatic rings. The van der Waals surface area contributed by atoms with Gasteiger partial charge in [-0.15, -0.1) is 0 Å². The van der Waals surface area contributed by atoms with Gasteiger partial charge in [-0.05, 0) is 38.0 Å². The molecule has 0 unspecified atom stereocenters. The van der Waals surface area contributed by atoms with Crippen molar-refractivity contribution in [1.82, 2.24) is 0 Å². The third-order valence-corrected chi connectivity index (χ3v) is 4.21. The van der Waals surface area contributed by atoms with E-state index in [-0.39, 0.29) is 5.41 Å². The molecule has 1 saturated carbocycles.